The molecule has 2 heterocycles. The molecule has 0 aliphatic heterocycles. The zero-order valence-electron chi connectivity index (χ0n) is 18.2. The third kappa shape index (κ3) is 3.92. The van der Waals surface area contributed by atoms with Crippen LogP contribution in [0.2, 0.25) is 0 Å². The number of para-hydroxylation sites is 2. The van der Waals surface area contributed by atoms with E-state index in [1.807, 2.05) is 24.3 Å². The second-order valence-corrected chi connectivity index (χ2v) is 8.86. The minimum atomic E-state index is -3.85. The van der Waals surface area contributed by atoms with Gasteiger partial charge in [-0.1, -0.05) is 12.1 Å². The molecule has 0 bridgehead atoms. The Morgan fingerprint density at radius 1 is 0.912 bits per heavy atom. The molecule has 0 fully saturated rings. The van der Waals surface area contributed by atoms with Crippen molar-refractivity contribution in [3.8, 4) is 23.1 Å². The molecule has 2 aromatic heterocycles. The van der Waals surface area contributed by atoms with Gasteiger partial charge in [0.15, 0.2) is 11.5 Å². The maximum absolute atomic E-state index is 12.8. The number of benzene rings is 3. The first-order valence-electron chi connectivity index (χ1n) is 10.1. The van der Waals surface area contributed by atoms with Crippen LogP contribution in [0.25, 0.3) is 16.7 Å². The van der Waals surface area contributed by atoms with Crippen molar-refractivity contribution in [3.63, 3.8) is 0 Å². The Labute approximate surface area is 194 Å². The molecule has 5 aromatic rings. The average Bonchev–Trinajstić information content (AvgIpc) is 3.35. The number of nitrogens with one attached hydrogen (secondary N) is 1. The van der Waals surface area contributed by atoms with Crippen molar-refractivity contribution in [1.82, 2.24) is 19.6 Å². The molecule has 0 unspecified atom stereocenters. The van der Waals surface area contributed by atoms with Gasteiger partial charge in [-0.2, -0.15) is 0 Å². The summed E-state index contributed by atoms with van der Waals surface area (Å²) < 4.78 is 46.3. The molecule has 172 valence electrons. The highest BCUT2D eigenvalue weighted by atomic mass is 32.2. The van der Waals surface area contributed by atoms with Gasteiger partial charge in [-0.15, -0.1) is 10.2 Å². The van der Waals surface area contributed by atoms with Crippen LogP contribution in [0.1, 0.15) is 0 Å². The second-order valence-electron chi connectivity index (χ2n) is 7.18. The van der Waals surface area contributed by atoms with Gasteiger partial charge in [0.1, 0.15) is 12.1 Å². The molecule has 0 radical (unpaired) electrons. The standard InChI is InChI=1S/C23H19N5O5S/c1-31-20-12-11-17(13-21(20)32-2)34(29,30)27-15-7-9-16(10-8-15)33-23-22-26-24-14-28(22)19-6-4-3-5-18(19)25-23/h3-14,27H,1-2H3. The minimum absolute atomic E-state index is 0.0417. The summed E-state index contributed by atoms with van der Waals surface area (Å²) in [6.07, 6.45) is 1.60. The molecule has 0 saturated heterocycles. The normalized spacial score (nSPS) is 11.5. The van der Waals surface area contributed by atoms with Crippen molar-refractivity contribution < 1.29 is 22.6 Å². The molecule has 0 saturated carbocycles. The summed E-state index contributed by atoms with van der Waals surface area (Å²) in [5.74, 6) is 1.50. The molecule has 0 amide bonds. The fraction of sp³-hybridized carbons (Fsp3) is 0.0870. The van der Waals surface area contributed by atoms with Crippen LogP contribution < -0.4 is 18.9 Å². The van der Waals surface area contributed by atoms with E-state index in [0.29, 0.717) is 28.6 Å². The SMILES string of the molecule is COc1ccc(S(=O)(=O)Nc2ccc(Oc3nc4ccccc4n4cnnc34)cc2)cc1OC. The summed E-state index contributed by atoms with van der Waals surface area (Å²) in [7, 11) is -0.924. The molecule has 0 atom stereocenters. The van der Waals surface area contributed by atoms with Crippen molar-refractivity contribution in [2.75, 3.05) is 18.9 Å². The van der Waals surface area contributed by atoms with Crippen LogP contribution in [-0.4, -0.2) is 42.2 Å². The molecule has 34 heavy (non-hydrogen) atoms. The molecule has 3 aromatic carbocycles. The summed E-state index contributed by atoms with van der Waals surface area (Å²) >= 11 is 0. The van der Waals surface area contributed by atoms with Crippen LogP contribution in [0.3, 0.4) is 0 Å². The molecule has 10 nitrogen and oxygen atoms in total. The smallest absolute Gasteiger partial charge is 0.266 e. The largest absolute Gasteiger partial charge is 0.493 e. The summed E-state index contributed by atoms with van der Waals surface area (Å²) in [6, 6.07) is 18.4. The first-order chi connectivity index (χ1) is 16.5. The Hall–Kier alpha value is -4.38. The van der Waals surface area contributed by atoms with E-state index in [1.54, 1.807) is 35.0 Å². The summed E-state index contributed by atoms with van der Waals surface area (Å²) in [5.41, 5.74) is 2.41. The van der Waals surface area contributed by atoms with Gasteiger partial charge in [-0.05, 0) is 48.5 Å². The van der Waals surface area contributed by atoms with E-state index in [0.717, 1.165) is 11.0 Å². The zero-order valence-corrected chi connectivity index (χ0v) is 19.0. The number of fused-ring (bicyclic) bond motifs is 3. The number of methoxy groups -OCH3 is 2. The fourth-order valence-corrected chi connectivity index (χ4v) is 4.52. The van der Waals surface area contributed by atoms with Gasteiger partial charge in [-0.25, -0.2) is 13.4 Å². The predicted molar refractivity (Wildman–Crippen MR) is 125 cm³/mol. The Morgan fingerprint density at radius 3 is 2.44 bits per heavy atom. The van der Waals surface area contributed by atoms with Gasteiger partial charge in [0.2, 0.25) is 5.65 Å². The Balaban J connectivity index is 1.39. The zero-order chi connectivity index (χ0) is 23.7. The maximum atomic E-state index is 12.8. The van der Waals surface area contributed by atoms with Crippen LogP contribution in [0.5, 0.6) is 23.1 Å². The van der Waals surface area contributed by atoms with Gasteiger partial charge in [0, 0.05) is 11.8 Å². The van der Waals surface area contributed by atoms with Crippen molar-refractivity contribution in [3.05, 3.63) is 73.1 Å². The van der Waals surface area contributed by atoms with E-state index in [4.69, 9.17) is 14.2 Å². The monoisotopic (exact) mass is 477 g/mol. The Morgan fingerprint density at radius 2 is 1.68 bits per heavy atom. The van der Waals surface area contributed by atoms with Crippen molar-refractivity contribution in [2.45, 2.75) is 4.90 Å². The number of sulfonamides is 1. The van der Waals surface area contributed by atoms with Gasteiger partial charge in [0.05, 0.1) is 30.1 Å². The van der Waals surface area contributed by atoms with Gasteiger partial charge >= 0.3 is 0 Å². The first-order valence-corrected chi connectivity index (χ1v) is 11.6. The molecule has 5 rings (SSSR count). The van der Waals surface area contributed by atoms with Gasteiger partial charge in [0.25, 0.3) is 15.9 Å². The Kier molecular flexibility index (Phi) is 5.38. The molecule has 11 heteroatoms. The summed E-state index contributed by atoms with van der Waals surface area (Å²) in [6.45, 7) is 0. The highest BCUT2D eigenvalue weighted by molar-refractivity contribution is 7.92. The highest BCUT2D eigenvalue weighted by Crippen LogP contribution is 2.31. The average molecular weight is 478 g/mol. The van der Waals surface area contributed by atoms with Crippen LogP contribution in [0.15, 0.2) is 78.0 Å². The van der Waals surface area contributed by atoms with Crippen molar-refractivity contribution in [1.29, 1.82) is 0 Å². The second kappa shape index (κ2) is 8.52. The number of ether oxygens (including phenoxy) is 3. The van der Waals surface area contributed by atoms with Crippen molar-refractivity contribution in [2.24, 2.45) is 0 Å². The summed E-state index contributed by atoms with van der Waals surface area (Å²) in [4.78, 5) is 4.59. The minimum Gasteiger partial charge on any atom is -0.493 e. The topological polar surface area (TPSA) is 117 Å². The first kappa shape index (κ1) is 21.5. The number of nitrogens with zero attached hydrogens (tertiary/aromatic N) is 4. The number of anilines is 1. The lowest BCUT2D eigenvalue weighted by atomic mass is 10.3. The lowest BCUT2D eigenvalue weighted by molar-refractivity contribution is 0.354. The summed E-state index contributed by atoms with van der Waals surface area (Å²) in [5, 5.41) is 8.07. The number of rotatable bonds is 7. The van der Waals surface area contributed by atoms with E-state index in [-0.39, 0.29) is 10.8 Å². The molecular weight excluding hydrogens is 458 g/mol. The quantitative estimate of drug-likeness (QED) is 0.375. The van der Waals surface area contributed by atoms with E-state index < -0.39 is 10.0 Å². The van der Waals surface area contributed by atoms with E-state index in [9.17, 15) is 8.42 Å². The Bertz CT molecular complexity index is 1600. The fourth-order valence-electron chi connectivity index (χ4n) is 3.45. The van der Waals surface area contributed by atoms with Crippen molar-refractivity contribution >= 4 is 32.4 Å². The van der Waals surface area contributed by atoms with Crippen LogP contribution in [0, 0.1) is 0 Å². The molecular formula is C23H19N5O5S. The van der Waals surface area contributed by atoms with E-state index in [2.05, 4.69) is 19.9 Å². The molecule has 0 aliphatic rings. The van der Waals surface area contributed by atoms with E-state index >= 15 is 0 Å². The third-order valence-electron chi connectivity index (χ3n) is 5.09. The number of hydrogen-bond donors (Lipinski definition) is 1. The maximum Gasteiger partial charge on any atom is 0.266 e. The van der Waals surface area contributed by atoms with E-state index in [1.165, 1.54) is 32.4 Å². The molecule has 0 spiro atoms. The lowest BCUT2D eigenvalue weighted by Crippen LogP contribution is -2.13. The van der Waals surface area contributed by atoms with Crippen LogP contribution in [0.4, 0.5) is 5.69 Å². The van der Waals surface area contributed by atoms with Crippen LogP contribution >= 0.6 is 0 Å². The van der Waals surface area contributed by atoms with Gasteiger partial charge < -0.3 is 14.2 Å². The third-order valence-corrected chi connectivity index (χ3v) is 6.47. The predicted octanol–water partition coefficient (Wildman–Crippen LogP) is 3.89. The lowest BCUT2D eigenvalue weighted by Gasteiger charge is -2.12. The van der Waals surface area contributed by atoms with Crippen LogP contribution in [-0.2, 0) is 10.0 Å². The van der Waals surface area contributed by atoms with Gasteiger partial charge in [-0.3, -0.25) is 9.12 Å². The number of hydrogen-bond acceptors (Lipinski definition) is 8. The number of aromatic nitrogens is 4. The highest BCUT2D eigenvalue weighted by Gasteiger charge is 2.18. The molecule has 1 N–H and O–H groups in total. The molecule has 0 aliphatic carbocycles.